The summed E-state index contributed by atoms with van der Waals surface area (Å²) in [5.41, 5.74) is 1.95. The van der Waals surface area contributed by atoms with E-state index in [0.717, 1.165) is 23.5 Å². The summed E-state index contributed by atoms with van der Waals surface area (Å²) in [4.78, 5) is 8.83. The second-order valence-corrected chi connectivity index (χ2v) is 4.89. The van der Waals surface area contributed by atoms with Gasteiger partial charge in [0, 0.05) is 37.1 Å². The van der Waals surface area contributed by atoms with Gasteiger partial charge in [0.1, 0.15) is 11.6 Å². The first-order valence-corrected chi connectivity index (χ1v) is 6.40. The molecule has 5 heteroatoms. The van der Waals surface area contributed by atoms with Crippen LogP contribution in [0, 0.1) is 6.92 Å². The largest absolute Gasteiger partial charge is 0.373 e. The zero-order valence-corrected chi connectivity index (χ0v) is 11.1. The zero-order chi connectivity index (χ0) is 13.3. The van der Waals surface area contributed by atoms with E-state index in [2.05, 4.69) is 15.3 Å². The number of alkyl halides is 2. The smallest absolute Gasteiger partial charge is 0.248 e. The van der Waals surface area contributed by atoms with Crippen molar-refractivity contribution in [2.24, 2.45) is 0 Å². The van der Waals surface area contributed by atoms with Crippen molar-refractivity contribution in [3.8, 4) is 0 Å². The molecule has 1 heterocycles. The third-order valence-electron chi connectivity index (χ3n) is 3.59. The summed E-state index contributed by atoms with van der Waals surface area (Å²) in [5, 5.41) is 3.03. The topological polar surface area (TPSA) is 37.8 Å². The first-order chi connectivity index (χ1) is 8.46. The number of hydrogen-bond acceptors (Lipinski definition) is 3. The molecule has 0 radical (unpaired) electrons. The van der Waals surface area contributed by atoms with E-state index in [-0.39, 0.29) is 18.8 Å². The summed E-state index contributed by atoms with van der Waals surface area (Å²) in [6.45, 7) is 3.95. The number of aryl methyl sites for hydroxylation is 1. The maximum atomic E-state index is 13.2. The molecule has 0 saturated heterocycles. The predicted molar refractivity (Wildman–Crippen MR) is 67.2 cm³/mol. The van der Waals surface area contributed by atoms with Crippen LogP contribution in [0.5, 0.6) is 0 Å². The minimum atomic E-state index is -2.55. The molecular formula is C13H19F2N3. The van der Waals surface area contributed by atoms with Crippen molar-refractivity contribution in [3.05, 3.63) is 17.1 Å². The molecule has 1 aromatic rings. The lowest BCUT2D eigenvalue weighted by atomic mass is 10.1. The van der Waals surface area contributed by atoms with Gasteiger partial charge in [-0.25, -0.2) is 18.7 Å². The van der Waals surface area contributed by atoms with Gasteiger partial charge in [0.25, 0.3) is 0 Å². The van der Waals surface area contributed by atoms with Crippen molar-refractivity contribution in [2.75, 3.05) is 12.4 Å². The van der Waals surface area contributed by atoms with E-state index in [1.807, 2.05) is 13.8 Å². The van der Waals surface area contributed by atoms with Gasteiger partial charge in [-0.15, -0.1) is 0 Å². The Kier molecular flexibility index (Phi) is 3.50. The first-order valence-electron chi connectivity index (χ1n) is 6.40. The van der Waals surface area contributed by atoms with Gasteiger partial charge < -0.3 is 5.32 Å². The van der Waals surface area contributed by atoms with Crippen LogP contribution in [-0.4, -0.2) is 22.9 Å². The number of halogens is 2. The molecule has 1 unspecified atom stereocenters. The van der Waals surface area contributed by atoms with Crippen LogP contribution in [0.2, 0.25) is 0 Å². The number of hydrogen-bond donors (Lipinski definition) is 1. The highest BCUT2D eigenvalue weighted by atomic mass is 19.3. The molecule has 1 saturated carbocycles. The van der Waals surface area contributed by atoms with Gasteiger partial charge >= 0.3 is 0 Å². The monoisotopic (exact) mass is 255 g/mol. The van der Waals surface area contributed by atoms with Gasteiger partial charge in [-0.05, 0) is 19.8 Å². The van der Waals surface area contributed by atoms with Crippen molar-refractivity contribution in [2.45, 2.75) is 51.4 Å². The molecule has 1 fully saturated rings. The number of anilines is 1. The van der Waals surface area contributed by atoms with Crippen molar-refractivity contribution in [1.82, 2.24) is 9.97 Å². The van der Waals surface area contributed by atoms with E-state index in [0.29, 0.717) is 12.2 Å². The molecule has 1 N–H and O–H groups in total. The highest BCUT2D eigenvalue weighted by Gasteiger charge is 2.41. The van der Waals surface area contributed by atoms with Crippen LogP contribution < -0.4 is 5.32 Å². The fourth-order valence-electron chi connectivity index (χ4n) is 2.60. The van der Waals surface area contributed by atoms with Gasteiger partial charge in [-0.3, -0.25) is 0 Å². The third kappa shape index (κ3) is 2.44. The number of rotatable bonds is 3. The normalized spacial score (nSPS) is 22.2. The molecular weight excluding hydrogens is 236 g/mol. The molecule has 100 valence electrons. The number of nitrogens with zero attached hydrogens (tertiary/aromatic N) is 2. The van der Waals surface area contributed by atoms with Crippen LogP contribution in [0.3, 0.4) is 0 Å². The van der Waals surface area contributed by atoms with Crippen LogP contribution in [-0.2, 0) is 6.42 Å². The van der Waals surface area contributed by atoms with Gasteiger partial charge in [-0.1, -0.05) is 6.92 Å². The lowest BCUT2D eigenvalue weighted by Gasteiger charge is -2.15. The van der Waals surface area contributed by atoms with Crippen LogP contribution in [0.4, 0.5) is 14.6 Å². The first kappa shape index (κ1) is 13.2. The van der Waals surface area contributed by atoms with E-state index in [4.69, 9.17) is 0 Å². The highest BCUT2D eigenvalue weighted by Crippen LogP contribution is 2.43. The summed E-state index contributed by atoms with van der Waals surface area (Å²) >= 11 is 0. The third-order valence-corrected chi connectivity index (χ3v) is 3.59. The molecule has 1 aliphatic carbocycles. The van der Waals surface area contributed by atoms with Crippen LogP contribution in [0.25, 0.3) is 0 Å². The lowest BCUT2D eigenvalue weighted by molar-refractivity contribution is 0.00753. The lowest BCUT2D eigenvalue weighted by Crippen LogP contribution is -2.12. The Morgan fingerprint density at radius 2 is 2.11 bits per heavy atom. The highest BCUT2D eigenvalue weighted by molar-refractivity contribution is 5.46. The zero-order valence-electron chi connectivity index (χ0n) is 11.1. The van der Waals surface area contributed by atoms with E-state index in [1.165, 1.54) is 0 Å². The van der Waals surface area contributed by atoms with Crippen molar-refractivity contribution in [1.29, 1.82) is 0 Å². The summed E-state index contributed by atoms with van der Waals surface area (Å²) < 4.78 is 26.5. The van der Waals surface area contributed by atoms with Crippen LogP contribution in [0.15, 0.2) is 0 Å². The minimum absolute atomic E-state index is 0.0511. The van der Waals surface area contributed by atoms with E-state index in [9.17, 15) is 8.78 Å². The van der Waals surface area contributed by atoms with Crippen LogP contribution >= 0.6 is 0 Å². The Bertz CT molecular complexity index is 446. The van der Waals surface area contributed by atoms with Gasteiger partial charge in [0.05, 0.1) is 0 Å². The summed E-state index contributed by atoms with van der Waals surface area (Å²) in [6.07, 6.45) is 1.13. The molecule has 0 amide bonds. The fourth-order valence-corrected chi connectivity index (χ4v) is 2.60. The van der Waals surface area contributed by atoms with Gasteiger partial charge in [0.2, 0.25) is 5.92 Å². The maximum absolute atomic E-state index is 13.2. The van der Waals surface area contributed by atoms with Gasteiger partial charge in [-0.2, -0.15) is 0 Å². The molecule has 18 heavy (non-hydrogen) atoms. The Hall–Kier alpha value is -1.26. The van der Waals surface area contributed by atoms with E-state index in [1.54, 1.807) is 7.05 Å². The summed E-state index contributed by atoms with van der Waals surface area (Å²) in [7, 11) is 1.80. The second-order valence-electron chi connectivity index (χ2n) is 4.89. The van der Waals surface area contributed by atoms with Crippen molar-refractivity contribution >= 4 is 5.82 Å². The molecule has 0 bridgehead atoms. The second kappa shape index (κ2) is 4.78. The average Bonchev–Trinajstić information content (AvgIpc) is 2.68. The molecule has 0 aromatic carbocycles. The van der Waals surface area contributed by atoms with Crippen LogP contribution in [0.1, 0.15) is 49.2 Å². The fraction of sp³-hybridized carbons (Fsp3) is 0.692. The van der Waals surface area contributed by atoms with Crippen molar-refractivity contribution in [3.63, 3.8) is 0 Å². The van der Waals surface area contributed by atoms with E-state index >= 15 is 0 Å². The Morgan fingerprint density at radius 3 is 2.61 bits per heavy atom. The van der Waals surface area contributed by atoms with Crippen molar-refractivity contribution < 1.29 is 8.78 Å². The maximum Gasteiger partial charge on any atom is 0.248 e. The summed E-state index contributed by atoms with van der Waals surface area (Å²) in [5.74, 6) is -1.43. The molecule has 1 aromatic heterocycles. The molecule has 0 aliphatic heterocycles. The molecule has 3 nitrogen and oxygen atoms in total. The Morgan fingerprint density at radius 1 is 1.39 bits per heavy atom. The summed E-state index contributed by atoms with van der Waals surface area (Å²) in [6, 6.07) is 0. The average molecular weight is 255 g/mol. The van der Waals surface area contributed by atoms with Gasteiger partial charge in [0.15, 0.2) is 0 Å². The molecule has 0 spiro atoms. The SMILES string of the molecule is CCc1c(C)nc(C2CCC(F)(F)C2)nc1NC. The van der Waals surface area contributed by atoms with E-state index < -0.39 is 5.92 Å². The molecule has 1 aliphatic rings. The molecule has 1 atom stereocenters. The standard InChI is InChI=1S/C13H19F2N3/c1-4-10-8(2)17-11(18-12(10)16-3)9-5-6-13(14,15)7-9/h9H,4-7H2,1-3H3,(H,16,17,18). The Balaban J connectivity index is 2.33. The molecule has 2 rings (SSSR count). The number of aromatic nitrogens is 2. The predicted octanol–water partition coefficient (Wildman–Crippen LogP) is 3.29. The quantitative estimate of drug-likeness (QED) is 0.900. The minimum Gasteiger partial charge on any atom is -0.373 e. The Labute approximate surface area is 106 Å². The number of nitrogens with one attached hydrogen (secondary N) is 1.